The van der Waals surface area contributed by atoms with Crippen LogP contribution in [0, 0.1) is 0 Å². The van der Waals surface area contributed by atoms with Crippen LogP contribution in [0.5, 0.6) is 0 Å². The zero-order valence-corrected chi connectivity index (χ0v) is 7.00. The molecule has 0 bridgehead atoms. The summed E-state index contributed by atoms with van der Waals surface area (Å²) < 4.78 is 0. The lowest BCUT2D eigenvalue weighted by atomic mass is 10.0. The molecular formula is C7H14O6. The minimum atomic E-state index is -1.99. The predicted molar refractivity (Wildman–Crippen MR) is 42.0 cm³/mol. The average Bonchev–Trinajstić information content (AvgIpc) is 2.11. The van der Waals surface area contributed by atoms with E-state index < -0.39 is 24.3 Å². The molecular weight excluding hydrogens is 180 g/mol. The molecule has 3 unspecified atom stereocenters. The molecule has 0 aliphatic heterocycles. The van der Waals surface area contributed by atoms with Gasteiger partial charge in [0.25, 0.3) is 0 Å². The largest absolute Gasteiger partial charge is 0.479 e. The number of carboxylic acids is 1. The van der Waals surface area contributed by atoms with Crippen molar-refractivity contribution in [3.8, 4) is 0 Å². The van der Waals surface area contributed by atoms with E-state index in [1.807, 2.05) is 0 Å². The van der Waals surface area contributed by atoms with Crippen molar-refractivity contribution < 1.29 is 30.3 Å². The molecule has 0 saturated carbocycles. The Morgan fingerprint density at radius 3 is 2.15 bits per heavy atom. The van der Waals surface area contributed by atoms with E-state index in [9.17, 15) is 4.79 Å². The second kappa shape index (κ2) is 5.87. The summed E-state index contributed by atoms with van der Waals surface area (Å²) in [5.74, 6) is -1.59. The van der Waals surface area contributed by atoms with E-state index in [0.29, 0.717) is 0 Å². The Labute approximate surface area is 75.1 Å². The summed E-state index contributed by atoms with van der Waals surface area (Å²) in [5, 5.41) is 43.5. The molecule has 5 N–H and O–H groups in total. The number of carbonyl (C=O) groups is 1. The van der Waals surface area contributed by atoms with Gasteiger partial charge < -0.3 is 25.5 Å². The number of aliphatic carboxylic acids is 1. The predicted octanol–water partition coefficient (Wildman–Crippen LogP) is -2.07. The van der Waals surface area contributed by atoms with E-state index >= 15 is 0 Å². The fourth-order valence-electron chi connectivity index (χ4n) is 0.828. The fourth-order valence-corrected chi connectivity index (χ4v) is 0.828. The molecule has 13 heavy (non-hydrogen) atoms. The van der Waals surface area contributed by atoms with E-state index in [0.717, 1.165) is 0 Å². The summed E-state index contributed by atoms with van der Waals surface area (Å²) in [5.41, 5.74) is 0. The topological polar surface area (TPSA) is 118 Å². The maximum atomic E-state index is 10.1. The highest BCUT2D eigenvalue weighted by Gasteiger charge is 2.29. The number of rotatable bonds is 6. The van der Waals surface area contributed by atoms with Crippen LogP contribution in [-0.2, 0) is 4.79 Å². The Morgan fingerprint density at radius 1 is 1.23 bits per heavy atom. The van der Waals surface area contributed by atoms with Crippen LogP contribution in [0.4, 0.5) is 0 Å². The molecule has 6 nitrogen and oxygen atoms in total. The van der Waals surface area contributed by atoms with E-state index in [1.165, 1.54) is 0 Å². The monoisotopic (exact) mass is 194 g/mol. The Kier molecular flexibility index (Phi) is 5.56. The summed E-state index contributed by atoms with van der Waals surface area (Å²) >= 11 is 0. The van der Waals surface area contributed by atoms with Gasteiger partial charge in [0.1, 0.15) is 6.10 Å². The summed E-state index contributed by atoms with van der Waals surface area (Å²) in [7, 11) is 0. The summed E-state index contributed by atoms with van der Waals surface area (Å²) in [6, 6.07) is 0. The third kappa shape index (κ3) is 4.18. The third-order valence-electron chi connectivity index (χ3n) is 1.63. The van der Waals surface area contributed by atoms with Crippen molar-refractivity contribution in [1.29, 1.82) is 0 Å². The van der Waals surface area contributed by atoms with Crippen LogP contribution in [0.25, 0.3) is 0 Å². The minimum Gasteiger partial charge on any atom is -0.479 e. The second-order valence-electron chi connectivity index (χ2n) is 2.71. The Hall–Kier alpha value is -0.690. The third-order valence-corrected chi connectivity index (χ3v) is 1.63. The van der Waals surface area contributed by atoms with Crippen LogP contribution >= 0.6 is 0 Å². The first-order valence-electron chi connectivity index (χ1n) is 3.88. The molecule has 0 fully saturated rings. The van der Waals surface area contributed by atoms with E-state index in [4.69, 9.17) is 25.5 Å². The minimum absolute atomic E-state index is 0.0437. The van der Waals surface area contributed by atoms with Crippen LogP contribution in [0.1, 0.15) is 12.8 Å². The van der Waals surface area contributed by atoms with Gasteiger partial charge in [0, 0.05) is 6.61 Å². The molecule has 0 spiro atoms. The molecule has 0 rings (SSSR count). The molecule has 6 heteroatoms. The quantitative estimate of drug-likeness (QED) is 0.331. The summed E-state index contributed by atoms with van der Waals surface area (Å²) in [6.07, 6.45) is -4.76. The van der Waals surface area contributed by atoms with Gasteiger partial charge >= 0.3 is 5.97 Å². The van der Waals surface area contributed by atoms with Crippen LogP contribution < -0.4 is 0 Å². The van der Waals surface area contributed by atoms with Crippen molar-refractivity contribution in [2.75, 3.05) is 6.61 Å². The van der Waals surface area contributed by atoms with Crippen LogP contribution in [0.2, 0.25) is 0 Å². The highest BCUT2D eigenvalue weighted by Crippen LogP contribution is 2.06. The standard InChI is InChI=1S/C7H14O6/c8-3-1-2-4(9)5(10)6(11)7(12)13/h4-6,8-11H,1-3H2,(H,12,13). The molecule has 0 aromatic heterocycles. The first-order chi connectivity index (χ1) is 6.00. The van der Waals surface area contributed by atoms with Crippen molar-refractivity contribution in [3.05, 3.63) is 0 Å². The second-order valence-corrected chi connectivity index (χ2v) is 2.71. The highest BCUT2D eigenvalue weighted by molar-refractivity contribution is 5.72. The number of hydrogen-bond donors (Lipinski definition) is 5. The van der Waals surface area contributed by atoms with E-state index in [1.54, 1.807) is 0 Å². The molecule has 0 saturated heterocycles. The molecule has 0 aromatic carbocycles. The molecule has 78 valence electrons. The summed E-state index contributed by atoms with van der Waals surface area (Å²) in [4.78, 5) is 10.1. The normalized spacial score (nSPS) is 17.8. The van der Waals surface area contributed by atoms with Gasteiger partial charge in [0.2, 0.25) is 0 Å². The van der Waals surface area contributed by atoms with E-state index in [-0.39, 0.29) is 19.4 Å². The van der Waals surface area contributed by atoms with Gasteiger partial charge in [-0.1, -0.05) is 0 Å². The molecule has 0 radical (unpaired) electrons. The molecule has 0 heterocycles. The Bertz CT molecular complexity index is 159. The molecule has 0 amide bonds. The van der Waals surface area contributed by atoms with Crippen LogP contribution in [0.15, 0.2) is 0 Å². The van der Waals surface area contributed by atoms with Gasteiger partial charge in [-0.05, 0) is 12.8 Å². The number of aliphatic hydroxyl groups excluding tert-OH is 4. The van der Waals surface area contributed by atoms with Gasteiger partial charge in [-0.3, -0.25) is 0 Å². The van der Waals surface area contributed by atoms with Crippen LogP contribution in [0.3, 0.4) is 0 Å². The smallest absolute Gasteiger partial charge is 0.335 e. The van der Waals surface area contributed by atoms with Gasteiger partial charge in [-0.2, -0.15) is 0 Å². The van der Waals surface area contributed by atoms with Gasteiger partial charge in [0.15, 0.2) is 6.10 Å². The highest BCUT2D eigenvalue weighted by atomic mass is 16.4. The van der Waals surface area contributed by atoms with Crippen molar-refractivity contribution in [3.63, 3.8) is 0 Å². The first-order valence-corrected chi connectivity index (χ1v) is 3.88. The maximum absolute atomic E-state index is 10.1. The van der Waals surface area contributed by atoms with Gasteiger partial charge in [-0.25, -0.2) is 4.79 Å². The Morgan fingerprint density at radius 2 is 1.77 bits per heavy atom. The maximum Gasteiger partial charge on any atom is 0.335 e. The lowest BCUT2D eigenvalue weighted by Crippen LogP contribution is -2.42. The van der Waals surface area contributed by atoms with Gasteiger partial charge in [0.05, 0.1) is 6.10 Å². The summed E-state index contributed by atoms with van der Waals surface area (Å²) in [6.45, 7) is -0.160. The lowest BCUT2D eigenvalue weighted by molar-refractivity contribution is -0.158. The SMILES string of the molecule is O=C(O)C(O)C(O)C(O)CCCO. The zero-order valence-electron chi connectivity index (χ0n) is 7.00. The molecule has 0 aliphatic rings. The molecule has 0 aliphatic carbocycles. The number of carboxylic acid groups (broad SMARTS) is 1. The van der Waals surface area contributed by atoms with Crippen LogP contribution in [-0.4, -0.2) is 56.4 Å². The van der Waals surface area contributed by atoms with Crippen molar-refractivity contribution >= 4 is 5.97 Å². The van der Waals surface area contributed by atoms with Crippen molar-refractivity contribution in [1.82, 2.24) is 0 Å². The molecule has 0 aromatic rings. The number of aliphatic hydroxyl groups is 4. The average molecular weight is 194 g/mol. The zero-order chi connectivity index (χ0) is 10.4. The Balaban J connectivity index is 3.93. The number of hydrogen-bond acceptors (Lipinski definition) is 5. The fraction of sp³-hybridized carbons (Fsp3) is 0.857. The first kappa shape index (κ1) is 12.3. The lowest BCUT2D eigenvalue weighted by Gasteiger charge is -2.19. The molecule has 3 atom stereocenters. The van der Waals surface area contributed by atoms with Crippen molar-refractivity contribution in [2.24, 2.45) is 0 Å². The van der Waals surface area contributed by atoms with Crippen molar-refractivity contribution in [2.45, 2.75) is 31.2 Å². The van der Waals surface area contributed by atoms with E-state index in [2.05, 4.69) is 0 Å². The van der Waals surface area contributed by atoms with Gasteiger partial charge in [-0.15, -0.1) is 0 Å².